The van der Waals surface area contributed by atoms with Crippen LogP contribution in [-0.4, -0.2) is 25.2 Å². The fraction of sp³-hybridized carbons (Fsp3) is 0.400. The molecule has 0 spiro atoms. The normalized spacial score (nSPS) is 12.8. The Labute approximate surface area is 203 Å². The van der Waals surface area contributed by atoms with Crippen LogP contribution in [0.4, 0.5) is 4.39 Å². The number of amides is 1. The van der Waals surface area contributed by atoms with E-state index in [2.05, 4.69) is 55.1 Å². The quantitative estimate of drug-likeness (QED) is 0.316. The Kier molecular flexibility index (Phi) is 9.22. The molecule has 3 nitrogen and oxygen atoms in total. The van der Waals surface area contributed by atoms with Crippen LogP contribution in [0, 0.1) is 17.7 Å². The lowest BCUT2D eigenvalue weighted by atomic mass is 9.73. The fourth-order valence-electron chi connectivity index (χ4n) is 4.64. The van der Waals surface area contributed by atoms with Crippen molar-refractivity contribution in [1.29, 1.82) is 0 Å². The van der Waals surface area contributed by atoms with Crippen LogP contribution < -0.4 is 5.32 Å². The van der Waals surface area contributed by atoms with E-state index < -0.39 is 0 Å². The second-order valence-corrected chi connectivity index (χ2v) is 9.21. The number of nitrogens with zero attached hydrogens (tertiary/aromatic N) is 1. The molecule has 1 N–H and O–H groups in total. The second-order valence-electron chi connectivity index (χ2n) is 9.21. The number of carbonyl (C=O) groups excluding carboxylic acids is 1. The minimum Gasteiger partial charge on any atom is -0.352 e. The monoisotopic (exact) mass is 458 g/mol. The molecule has 1 heterocycles. The van der Waals surface area contributed by atoms with Gasteiger partial charge in [-0.3, -0.25) is 9.79 Å². The lowest BCUT2D eigenvalue weighted by Gasteiger charge is -2.31. The molecular formula is C30H35FN2O. The van der Waals surface area contributed by atoms with E-state index in [4.69, 9.17) is 0 Å². The van der Waals surface area contributed by atoms with Gasteiger partial charge in [0.2, 0.25) is 0 Å². The number of allylic oxidation sites excluding steroid dienone is 1. The summed E-state index contributed by atoms with van der Waals surface area (Å²) in [6.45, 7) is 8.08. The average molecular weight is 459 g/mol. The van der Waals surface area contributed by atoms with E-state index in [9.17, 15) is 9.18 Å². The van der Waals surface area contributed by atoms with Gasteiger partial charge in [0.25, 0.3) is 5.91 Å². The zero-order valence-corrected chi connectivity index (χ0v) is 20.6. The summed E-state index contributed by atoms with van der Waals surface area (Å²) in [5, 5.41) is 3.04. The number of hydrogen-bond acceptors (Lipinski definition) is 2. The van der Waals surface area contributed by atoms with Gasteiger partial charge < -0.3 is 5.32 Å². The smallest absolute Gasteiger partial charge is 0.251 e. The van der Waals surface area contributed by atoms with Crippen molar-refractivity contribution in [3.63, 3.8) is 0 Å². The number of halogens is 1. The maximum Gasteiger partial charge on any atom is 0.251 e. The molecule has 1 aliphatic heterocycles. The van der Waals surface area contributed by atoms with Crippen molar-refractivity contribution in [1.82, 2.24) is 5.32 Å². The number of carbonyl (C=O) groups is 1. The highest BCUT2D eigenvalue weighted by molar-refractivity contribution is 5.94. The highest BCUT2D eigenvalue weighted by Gasteiger charge is 2.27. The van der Waals surface area contributed by atoms with Crippen LogP contribution in [0.3, 0.4) is 0 Å². The van der Waals surface area contributed by atoms with Gasteiger partial charge in [-0.05, 0) is 78.6 Å². The Morgan fingerprint density at radius 3 is 2.47 bits per heavy atom. The molecule has 0 saturated heterocycles. The van der Waals surface area contributed by atoms with Crippen LogP contribution in [-0.2, 0) is 5.41 Å². The van der Waals surface area contributed by atoms with Crippen molar-refractivity contribution in [2.75, 3.05) is 13.1 Å². The second kappa shape index (κ2) is 12.3. The van der Waals surface area contributed by atoms with Crippen molar-refractivity contribution in [2.45, 2.75) is 64.7 Å². The van der Waals surface area contributed by atoms with Crippen molar-refractivity contribution in [2.24, 2.45) is 4.99 Å². The molecule has 0 radical (unpaired) electrons. The van der Waals surface area contributed by atoms with E-state index in [1.165, 1.54) is 23.3 Å². The third kappa shape index (κ3) is 6.90. The van der Waals surface area contributed by atoms with Gasteiger partial charge in [0.05, 0.1) is 6.54 Å². The van der Waals surface area contributed by atoms with Crippen LogP contribution in [0.25, 0.3) is 0 Å². The molecule has 0 bridgehead atoms. The van der Waals surface area contributed by atoms with Gasteiger partial charge in [-0.15, -0.1) is 0 Å². The van der Waals surface area contributed by atoms with Gasteiger partial charge in [-0.2, -0.15) is 0 Å². The van der Waals surface area contributed by atoms with E-state index in [0.717, 1.165) is 56.2 Å². The van der Waals surface area contributed by atoms with Crippen molar-refractivity contribution >= 4 is 12.1 Å². The first-order chi connectivity index (χ1) is 16.4. The van der Waals surface area contributed by atoms with Gasteiger partial charge in [-0.25, -0.2) is 4.39 Å². The Bertz CT molecular complexity index is 1100. The first-order valence-electron chi connectivity index (χ1n) is 12.3. The number of rotatable bonds is 10. The molecule has 178 valence electrons. The SMILES string of the molecule is CCCC(C)(CCC)c1ccc(C(=O)NCCCC2=CCN=C2)cc1C#Cc1ccc(F)cc1. The molecule has 4 heteroatoms. The molecule has 3 rings (SSSR count). The number of nitrogens with one attached hydrogen (secondary N) is 1. The largest absolute Gasteiger partial charge is 0.352 e. The third-order valence-electron chi connectivity index (χ3n) is 6.37. The molecule has 34 heavy (non-hydrogen) atoms. The predicted molar refractivity (Wildman–Crippen MR) is 139 cm³/mol. The molecule has 2 aromatic rings. The van der Waals surface area contributed by atoms with Crippen molar-refractivity contribution < 1.29 is 9.18 Å². The summed E-state index contributed by atoms with van der Waals surface area (Å²) in [5.41, 5.74) is 4.64. The van der Waals surface area contributed by atoms with Crippen LogP contribution in [0.5, 0.6) is 0 Å². The molecular weight excluding hydrogens is 423 g/mol. The minimum absolute atomic E-state index is 0.0120. The molecule has 0 atom stereocenters. The molecule has 0 aromatic heterocycles. The Balaban J connectivity index is 1.84. The van der Waals surface area contributed by atoms with Gasteiger partial charge in [0.15, 0.2) is 0 Å². The van der Waals surface area contributed by atoms with Gasteiger partial charge in [-0.1, -0.05) is 57.6 Å². The van der Waals surface area contributed by atoms with E-state index in [-0.39, 0.29) is 17.1 Å². The maximum atomic E-state index is 13.3. The first kappa shape index (κ1) is 25.4. The summed E-state index contributed by atoms with van der Waals surface area (Å²) in [6, 6.07) is 12.1. The minimum atomic E-state index is -0.278. The Morgan fingerprint density at radius 1 is 1.09 bits per heavy atom. The van der Waals surface area contributed by atoms with Gasteiger partial charge >= 0.3 is 0 Å². The third-order valence-corrected chi connectivity index (χ3v) is 6.37. The molecule has 1 amide bonds. The van der Waals surface area contributed by atoms with E-state index in [1.54, 1.807) is 12.1 Å². The zero-order chi connectivity index (χ0) is 24.4. The topological polar surface area (TPSA) is 41.5 Å². The summed E-state index contributed by atoms with van der Waals surface area (Å²) < 4.78 is 13.3. The summed E-state index contributed by atoms with van der Waals surface area (Å²) in [7, 11) is 0. The molecule has 1 aliphatic rings. The number of aliphatic imine (C=N–C) groups is 1. The van der Waals surface area contributed by atoms with Crippen molar-refractivity contribution in [3.05, 3.63) is 82.2 Å². The first-order valence-corrected chi connectivity index (χ1v) is 12.3. The molecule has 0 fully saturated rings. The van der Waals surface area contributed by atoms with E-state index in [1.807, 2.05) is 18.3 Å². The number of hydrogen-bond donors (Lipinski definition) is 1. The highest BCUT2D eigenvalue weighted by Crippen LogP contribution is 2.36. The predicted octanol–water partition coefficient (Wildman–Crippen LogP) is 6.60. The Hall–Kier alpha value is -3.19. The lowest BCUT2D eigenvalue weighted by Crippen LogP contribution is -2.26. The standard InChI is InChI=1S/C30H35FN2O/c1-4-17-30(3,18-5-2)28-15-12-26(29(34)33-19-6-7-24-16-20-32-22-24)21-25(28)11-8-23-9-13-27(31)14-10-23/h9-10,12-16,21-22H,4-7,17-20H2,1-3H3,(H,33,34). The Morgan fingerprint density at radius 2 is 1.82 bits per heavy atom. The fourth-order valence-corrected chi connectivity index (χ4v) is 4.64. The van der Waals surface area contributed by atoms with Crippen LogP contribution in [0.15, 0.2) is 59.1 Å². The van der Waals surface area contributed by atoms with E-state index >= 15 is 0 Å². The zero-order valence-electron chi connectivity index (χ0n) is 20.6. The molecule has 0 saturated carbocycles. The molecule has 2 aromatic carbocycles. The van der Waals surface area contributed by atoms with Crippen LogP contribution >= 0.6 is 0 Å². The van der Waals surface area contributed by atoms with Gasteiger partial charge in [0.1, 0.15) is 5.82 Å². The average Bonchev–Trinajstić information content (AvgIpc) is 3.35. The van der Waals surface area contributed by atoms with Crippen molar-refractivity contribution in [3.8, 4) is 11.8 Å². The molecule has 0 aliphatic carbocycles. The number of benzene rings is 2. The maximum absolute atomic E-state index is 13.3. The summed E-state index contributed by atoms with van der Waals surface area (Å²) in [4.78, 5) is 17.1. The summed E-state index contributed by atoms with van der Waals surface area (Å²) >= 11 is 0. The summed E-state index contributed by atoms with van der Waals surface area (Å²) in [5.74, 6) is 6.10. The summed E-state index contributed by atoms with van der Waals surface area (Å²) in [6.07, 6.45) is 10.1. The lowest BCUT2D eigenvalue weighted by molar-refractivity contribution is 0.0953. The highest BCUT2D eigenvalue weighted by atomic mass is 19.1. The van der Waals surface area contributed by atoms with Gasteiger partial charge in [0, 0.05) is 29.4 Å². The van der Waals surface area contributed by atoms with E-state index in [0.29, 0.717) is 12.1 Å². The van der Waals surface area contributed by atoms with Crippen LogP contribution in [0.2, 0.25) is 0 Å². The van der Waals surface area contributed by atoms with Crippen LogP contribution in [0.1, 0.15) is 86.3 Å². The molecule has 0 unspecified atom stereocenters.